The Morgan fingerprint density at radius 3 is 3.06 bits per heavy atom. The Kier molecular flexibility index (Phi) is 1.99. The van der Waals surface area contributed by atoms with Crippen molar-refractivity contribution in [1.82, 2.24) is 4.57 Å². The highest BCUT2D eigenvalue weighted by Crippen LogP contribution is 2.26. The minimum atomic E-state index is 0.0404. The maximum Gasteiger partial charge on any atom is 0.198 e. The number of pyridine rings is 1. The van der Waals surface area contributed by atoms with Gasteiger partial charge in [0.05, 0.1) is 12.1 Å². The van der Waals surface area contributed by atoms with Crippen LogP contribution in [0.5, 0.6) is 5.88 Å². The van der Waals surface area contributed by atoms with E-state index in [1.54, 1.807) is 6.07 Å². The molecular weight excluding hydrogens is 202 g/mol. The second kappa shape index (κ2) is 3.37. The van der Waals surface area contributed by atoms with Crippen molar-refractivity contribution < 1.29 is 4.74 Å². The maximum absolute atomic E-state index is 11.8. The SMILES string of the molecule is CCC1Cn2c(cc(=O)c3ccccc32)O1. The molecule has 0 aliphatic carbocycles. The third-order valence-electron chi connectivity index (χ3n) is 3.11. The monoisotopic (exact) mass is 215 g/mol. The number of hydrogen-bond acceptors (Lipinski definition) is 2. The summed E-state index contributed by atoms with van der Waals surface area (Å²) in [6.45, 7) is 2.93. The lowest BCUT2D eigenvalue weighted by atomic mass is 10.2. The summed E-state index contributed by atoms with van der Waals surface area (Å²) >= 11 is 0. The van der Waals surface area contributed by atoms with Crippen LogP contribution in [0.3, 0.4) is 0 Å². The normalized spacial score (nSPS) is 18.4. The van der Waals surface area contributed by atoms with Gasteiger partial charge >= 0.3 is 0 Å². The predicted molar refractivity (Wildman–Crippen MR) is 62.9 cm³/mol. The van der Waals surface area contributed by atoms with Gasteiger partial charge in [-0.15, -0.1) is 0 Å². The van der Waals surface area contributed by atoms with Crippen LogP contribution < -0.4 is 10.2 Å². The molecule has 0 spiro atoms. The van der Waals surface area contributed by atoms with E-state index in [1.807, 2.05) is 24.3 Å². The number of fused-ring (bicyclic) bond motifs is 3. The molecule has 1 aliphatic rings. The molecule has 82 valence electrons. The van der Waals surface area contributed by atoms with Crippen LogP contribution in [0.2, 0.25) is 0 Å². The Morgan fingerprint density at radius 1 is 1.44 bits per heavy atom. The predicted octanol–water partition coefficient (Wildman–Crippen LogP) is 2.17. The highest BCUT2D eigenvalue weighted by atomic mass is 16.5. The summed E-state index contributed by atoms with van der Waals surface area (Å²) in [6.07, 6.45) is 1.16. The van der Waals surface area contributed by atoms with Crippen LogP contribution in [0.25, 0.3) is 10.9 Å². The molecule has 1 aliphatic heterocycles. The standard InChI is InChI=1S/C13H13NO2/c1-2-9-8-14-11-6-4-3-5-10(11)12(15)7-13(14)16-9/h3-7,9H,2,8H2,1H3. The molecule has 0 N–H and O–H groups in total. The molecule has 1 aromatic heterocycles. The quantitative estimate of drug-likeness (QED) is 0.730. The summed E-state index contributed by atoms with van der Waals surface area (Å²) in [5.41, 5.74) is 1.01. The van der Waals surface area contributed by atoms with Gasteiger partial charge in [-0.05, 0) is 18.6 Å². The van der Waals surface area contributed by atoms with Crippen molar-refractivity contribution in [3.05, 3.63) is 40.6 Å². The van der Waals surface area contributed by atoms with Gasteiger partial charge in [-0.3, -0.25) is 4.79 Å². The van der Waals surface area contributed by atoms with Crippen LogP contribution in [-0.2, 0) is 6.54 Å². The average molecular weight is 215 g/mol. The molecule has 16 heavy (non-hydrogen) atoms. The molecule has 3 rings (SSSR count). The van der Waals surface area contributed by atoms with Crippen LogP contribution in [0, 0.1) is 0 Å². The molecule has 2 heterocycles. The van der Waals surface area contributed by atoms with E-state index in [0.29, 0.717) is 5.88 Å². The summed E-state index contributed by atoms with van der Waals surface area (Å²) < 4.78 is 7.80. The zero-order valence-electron chi connectivity index (χ0n) is 9.14. The van der Waals surface area contributed by atoms with Gasteiger partial charge in [0.1, 0.15) is 6.10 Å². The highest BCUT2D eigenvalue weighted by molar-refractivity contribution is 5.79. The van der Waals surface area contributed by atoms with Gasteiger partial charge in [-0.1, -0.05) is 19.1 Å². The molecule has 3 heteroatoms. The van der Waals surface area contributed by atoms with Crippen molar-refractivity contribution >= 4 is 10.9 Å². The van der Waals surface area contributed by atoms with Crippen molar-refractivity contribution in [3.63, 3.8) is 0 Å². The van der Waals surface area contributed by atoms with Crippen LogP contribution in [0.1, 0.15) is 13.3 Å². The van der Waals surface area contributed by atoms with Gasteiger partial charge in [0.2, 0.25) is 0 Å². The third-order valence-corrected chi connectivity index (χ3v) is 3.11. The fourth-order valence-corrected chi connectivity index (χ4v) is 2.21. The molecule has 0 fully saturated rings. The summed E-state index contributed by atoms with van der Waals surface area (Å²) in [5.74, 6) is 0.704. The van der Waals surface area contributed by atoms with Gasteiger partial charge in [-0.25, -0.2) is 0 Å². The summed E-state index contributed by atoms with van der Waals surface area (Å²) in [4.78, 5) is 11.8. The Hall–Kier alpha value is -1.77. The maximum atomic E-state index is 11.8. The number of ether oxygens (including phenoxy) is 1. The molecule has 2 aromatic rings. The summed E-state index contributed by atoms with van der Waals surface area (Å²) in [7, 11) is 0. The van der Waals surface area contributed by atoms with Gasteiger partial charge < -0.3 is 9.30 Å². The summed E-state index contributed by atoms with van der Waals surface area (Å²) in [6, 6.07) is 9.28. The fraction of sp³-hybridized carbons (Fsp3) is 0.308. The first kappa shape index (κ1) is 9.46. The van der Waals surface area contributed by atoms with E-state index in [4.69, 9.17) is 4.74 Å². The number of para-hydroxylation sites is 1. The van der Waals surface area contributed by atoms with Crippen LogP contribution >= 0.6 is 0 Å². The minimum Gasteiger partial charge on any atom is -0.474 e. The van der Waals surface area contributed by atoms with Crippen LogP contribution in [0.15, 0.2) is 35.1 Å². The second-order valence-corrected chi connectivity index (χ2v) is 4.12. The van der Waals surface area contributed by atoms with Crippen molar-refractivity contribution in [1.29, 1.82) is 0 Å². The van der Waals surface area contributed by atoms with Crippen molar-refractivity contribution in [2.45, 2.75) is 26.0 Å². The zero-order chi connectivity index (χ0) is 11.1. The largest absolute Gasteiger partial charge is 0.474 e. The third kappa shape index (κ3) is 1.24. The lowest BCUT2D eigenvalue weighted by Crippen LogP contribution is -2.11. The molecule has 0 saturated carbocycles. The average Bonchev–Trinajstić information content (AvgIpc) is 2.72. The van der Waals surface area contributed by atoms with E-state index in [0.717, 1.165) is 23.9 Å². The molecule has 0 radical (unpaired) electrons. The Bertz CT molecular complexity index is 600. The van der Waals surface area contributed by atoms with E-state index >= 15 is 0 Å². The minimum absolute atomic E-state index is 0.0404. The smallest absolute Gasteiger partial charge is 0.198 e. The van der Waals surface area contributed by atoms with Gasteiger partial charge in [0.25, 0.3) is 0 Å². The van der Waals surface area contributed by atoms with E-state index in [9.17, 15) is 4.79 Å². The fourth-order valence-electron chi connectivity index (χ4n) is 2.21. The summed E-state index contributed by atoms with van der Waals surface area (Å²) in [5, 5.41) is 0.770. The molecule has 1 atom stereocenters. The zero-order valence-corrected chi connectivity index (χ0v) is 9.14. The molecular formula is C13H13NO2. The number of nitrogens with zero attached hydrogens (tertiary/aromatic N) is 1. The first-order chi connectivity index (χ1) is 7.79. The van der Waals surface area contributed by atoms with E-state index in [1.165, 1.54) is 0 Å². The Morgan fingerprint density at radius 2 is 2.25 bits per heavy atom. The number of aromatic nitrogens is 1. The van der Waals surface area contributed by atoms with Crippen LogP contribution in [-0.4, -0.2) is 10.7 Å². The molecule has 1 aromatic carbocycles. The van der Waals surface area contributed by atoms with Gasteiger partial charge in [-0.2, -0.15) is 0 Å². The van der Waals surface area contributed by atoms with Crippen molar-refractivity contribution in [3.8, 4) is 5.88 Å². The van der Waals surface area contributed by atoms with E-state index < -0.39 is 0 Å². The highest BCUT2D eigenvalue weighted by Gasteiger charge is 2.22. The molecule has 3 nitrogen and oxygen atoms in total. The molecule has 0 saturated heterocycles. The van der Waals surface area contributed by atoms with Crippen molar-refractivity contribution in [2.75, 3.05) is 0 Å². The number of benzene rings is 1. The number of rotatable bonds is 1. The topological polar surface area (TPSA) is 31.2 Å². The molecule has 1 unspecified atom stereocenters. The molecule has 0 amide bonds. The lowest BCUT2D eigenvalue weighted by molar-refractivity contribution is 0.227. The Balaban J connectivity index is 2.30. The van der Waals surface area contributed by atoms with Gasteiger partial charge in [0.15, 0.2) is 11.3 Å². The van der Waals surface area contributed by atoms with Crippen molar-refractivity contribution in [2.24, 2.45) is 0 Å². The second-order valence-electron chi connectivity index (χ2n) is 4.12. The van der Waals surface area contributed by atoms with E-state index in [-0.39, 0.29) is 11.5 Å². The number of hydrogen-bond donors (Lipinski definition) is 0. The Labute approximate surface area is 93.3 Å². The van der Waals surface area contributed by atoms with Crippen LogP contribution in [0.4, 0.5) is 0 Å². The molecule has 0 bridgehead atoms. The first-order valence-corrected chi connectivity index (χ1v) is 5.59. The van der Waals surface area contributed by atoms with E-state index in [2.05, 4.69) is 11.5 Å². The van der Waals surface area contributed by atoms with Gasteiger partial charge in [0, 0.05) is 11.5 Å². The first-order valence-electron chi connectivity index (χ1n) is 5.59. The lowest BCUT2D eigenvalue weighted by Gasteiger charge is -2.05.